The topological polar surface area (TPSA) is 63.6 Å². The van der Waals surface area contributed by atoms with E-state index in [1.54, 1.807) is 0 Å². The van der Waals surface area contributed by atoms with E-state index in [1.165, 1.54) is 0 Å². The van der Waals surface area contributed by atoms with Crippen molar-refractivity contribution in [2.75, 3.05) is 19.0 Å². The van der Waals surface area contributed by atoms with E-state index in [4.69, 9.17) is 5.11 Å². The van der Waals surface area contributed by atoms with Crippen LogP contribution in [0.1, 0.15) is 32.6 Å². The summed E-state index contributed by atoms with van der Waals surface area (Å²) in [5.41, 5.74) is 0. The molecule has 0 aromatic rings. The first-order valence-electron chi connectivity index (χ1n) is 4.60. The maximum atomic E-state index is 11.1. The Kier molecular flexibility index (Phi) is 7.22. The van der Waals surface area contributed by atoms with E-state index >= 15 is 0 Å². The Morgan fingerprint density at radius 3 is 2.46 bits per heavy atom. The van der Waals surface area contributed by atoms with E-state index in [0.29, 0.717) is 12.8 Å². The molecule has 1 N–H and O–H groups in total. The summed E-state index contributed by atoms with van der Waals surface area (Å²) in [5.74, 6) is 0.0896. The average molecular weight is 210 g/mol. The Morgan fingerprint density at radius 1 is 1.23 bits per heavy atom. The van der Waals surface area contributed by atoms with Gasteiger partial charge in [0.25, 0.3) is 10.1 Å². The van der Waals surface area contributed by atoms with Gasteiger partial charge in [0, 0.05) is 6.61 Å². The fourth-order valence-electron chi connectivity index (χ4n) is 0.838. The Hall–Kier alpha value is -0.130. The molecule has 0 unspecified atom stereocenters. The van der Waals surface area contributed by atoms with E-state index in [0.717, 1.165) is 12.8 Å². The van der Waals surface area contributed by atoms with Crippen LogP contribution in [0.4, 0.5) is 0 Å². The normalized spacial score (nSPS) is 11.8. The Labute approximate surface area is 80.0 Å². The van der Waals surface area contributed by atoms with E-state index in [2.05, 4.69) is 4.18 Å². The molecule has 0 saturated carbocycles. The minimum atomic E-state index is -3.34. The quantitative estimate of drug-likeness (QED) is 0.477. The van der Waals surface area contributed by atoms with Gasteiger partial charge in [0.05, 0.1) is 12.4 Å². The monoisotopic (exact) mass is 210 g/mol. The van der Waals surface area contributed by atoms with Crippen molar-refractivity contribution in [3.05, 3.63) is 0 Å². The minimum absolute atomic E-state index is 0.0372. The first-order chi connectivity index (χ1) is 6.12. The van der Waals surface area contributed by atoms with Crippen molar-refractivity contribution in [2.24, 2.45) is 0 Å². The van der Waals surface area contributed by atoms with Crippen LogP contribution in [-0.4, -0.2) is 32.5 Å². The maximum Gasteiger partial charge on any atom is 0.267 e. The highest BCUT2D eigenvalue weighted by Gasteiger charge is 2.09. The van der Waals surface area contributed by atoms with Crippen molar-refractivity contribution in [2.45, 2.75) is 32.6 Å². The Morgan fingerprint density at radius 2 is 1.92 bits per heavy atom. The van der Waals surface area contributed by atoms with Crippen molar-refractivity contribution in [3.63, 3.8) is 0 Å². The molecule has 0 heterocycles. The lowest BCUT2D eigenvalue weighted by Gasteiger charge is -2.03. The predicted molar refractivity (Wildman–Crippen MR) is 51.0 cm³/mol. The summed E-state index contributed by atoms with van der Waals surface area (Å²) in [6.45, 7) is 2.06. The van der Waals surface area contributed by atoms with Crippen molar-refractivity contribution < 1.29 is 17.7 Å². The summed E-state index contributed by atoms with van der Waals surface area (Å²) in [7, 11) is -3.34. The zero-order valence-corrected chi connectivity index (χ0v) is 8.85. The third-order valence-corrected chi connectivity index (χ3v) is 2.88. The molecule has 0 fully saturated rings. The van der Waals surface area contributed by atoms with Crippen LogP contribution in [0.15, 0.2) is 0 Å². The van der Waals surface area contributed by atoms with Gasteiger partial charge in [-0.25, -0.2) is 0 Å². The van der Waals surface area contributed by atoms with E-state index in [9.17, 15) is 8.42 Å². The minimum Gasteiger partial charge on any atom is -0.396 e. The van der Waals surface area contributed by atoms with Gasteiger partial charge in [0.2, 0.25) is 0 Å². The largest absolute Gasteiger partial charge is 0.396 e. The smallest absolute Gasteiger partial charge is 0.267 e. The third kappa shape index (κ3) is 8.21. The van der Waals surface area contributed by atoms with Crippen molar-refractivity contribution in [1.82, 2.24) is 0 Å². The lowest BCUT2D eigenvalue weighted by atomic mass is 10.3. The molecule has 0 amide bonds. The number of aliphatic hydroxyl groups is 1. The first-order valence-corrected chi connectivity index (χ1v) is 6.18. The predicted octanol–water partition coefficient (Wildman–Crippen LogP) is 0.905. The summed E-state index contributed by atoms with van der Waals surface area (Å²) >= 11 is 0. The summed E-state index contributed by atoms with van der Waals surface area (Å²) in [4.78, 5) is 0. The highest BCUT2D eigenvalue weighted by atomic mass is 32.2. The van der Waals surface area contributed by atoms with Crippen LogP contribution in [-0.2, 0) is 14.3 Å². The van der Waals surface area contributed by atoms with Crippen LogP contribution in [0, 0.1) is 0 Å². The Balaban J connectivity index is 3.55. The molecule has 0 rings (SSSR count). The lowest BCUT2D eigenvalue weighted by Crippen LogP contribution is -2.12. The molecule has 0 spiro atoms. The first kappa shape index (κ1) is 12.9. The zero-order valence-electron chi connectivity index (χ0n) is 8.03. The van der Waals surface area contributed by atoms with Crippen LogP contribution in [0.5, 0.6) is 0 Å². The molecule has 0 atom stereocenters. The summed E-state index contributed by atoms with van der Waals surface area (Å²) in [5, 5.41) is 8.40. The number of aliphatic hydroxyl groups excluding tert-OH is 1. The number of hydrogen-bond donors (Lipinski definition) is 1. The lowest BCUT2D eigenvalue weighted by molar-refractivity contribution is 0.236. The van der Waals surface area contributed by atoms with E-state index in [-0.39, 0.29) is 19.0 Å². The van der Waals surface area contributed by atoms with Crippen molar-refractivity contribution in [1.29, 1.82) is 0 Å². The highest BCUT2D eigenvalue weighted by Crippen LogP contribution is 2.01. The zero-order chi connectivity index (χ0) is 10.2. The van der Waals surface area contributed by atoms with Gasteiger partial charge in [-0.3, -0.25) is 4.18 Å². The van der Waals surface area contributed by atoms with E-state index < -0.39 is 10.1 Å². The SMILES string of the molecule is CCCCCS(=O)(=O)OCCCO. The number of rotatable bonds is 8. The van der Waals surface area contributed by atoms with Gasteiger partial charge in [0.15, 0.2) is 0 Å². The standard InChI is InChI=1S/C8H18O4S/c1-2-3-4-8-13(10,11)12-7-5-6-9/h9H,2-8H2,1H3. The van der Waals surface area contributed by atoms with Gasteiger partial charge in [-0.05, 0) is 12.8 Å². The highest BCUT2D eigenvalue weighted by molar-refractivity contribution is 7.86. The molecule has 80 valence electrons. The van der Waals surface area contributed by atoms with Gasteiger partial charge >= 0.3 is 0 Å². The molecule has 0 aliphatic carbocycles. The van der Waals surface area contributed by atoms with Crippen molar-refractivity contribution in [3.8, 4) is 0 Å². The fourth-order valence-corrected chi connectivity index (χ4v) is 1.89. The summed E-state index contributed by atoms with van der Waals surface area (Å²) in [6, 6.07) is 0. The van der Waals surface area contributed by atoms with Crippen molar-refractivity contribution >= 4 is 10.1 Å². The van der Waals surface area contributed by atoms with Gasteiger partial charge in [-0.1, -0.05) is 19.8 Å². The number of hydrogen-bond acceptors (Lipinski definition) is 4. The van der Waals surface area contributed by atoms with Gasteiger partial charge in [-0.2, -0.15) is 8.42 Å². The number of unbranched alkanes of at least 4 members (excludes halogenated alkanes) is 2. The van der Waals surface area contributed by atoms with Crippen LogP contribution in [0.2, 0.25) is 0 Å². The van der Waals surface area contributed by atoms with Crippen LogP contribution < -0.4 is 0 Å². The molecule has 0 bridgehead atoms. The second kappa shape index (κ2) is 7.29. The van der Waals surface area contributed by atoms with Gasteiger partial charge in [0.1, 0.15) is 0 Å². The summed E-state index contributed by atoms with van der Waals surface area (Å²) < 4.78 is 26.8. The molecule has 13 heavy (non-hydrogen) atoms. The molecule has 5 heteroatoms. The molecule has 0 saturated heterocycles. The van der Waals surface area contributed by atoms with Gasteiger partial charge in [-0.15, -0.1) is 0 Å². The van der Waals surface area contributed by atoms with Crippen LogP contribution >= 0.6 is 0 Å². The second-order valence-corrected chi connectivity index (χ2v) is 4.63. The second-order valence-electron chi connectivity index (χ2n) is 2.87. The molecule has 4 nitrogen and oxygen atoms in total. The molecule has 0 aliphatic heterocycles. The Bertz CT molecular complexity index is 182. The van der Waals surface area contributed by atoms with Crippen LogP contribution in [0.25, 0.3) is 0 Å². The third-order valence-electron chi connectivity index (χ3n) is 1.56. The summed E-state index contributed by atoms with van der Waals surface area (Å²) in [6.07, 6.45) is 2.92. The maximum absolute atomic E-state index is 11.1. The molecule has 0 aliphatic rings. The molecule has 0 radical (unpaired) electrons. The van der Waals surface area contributed by atoms with Crippen LogP contribution in [0.3, 0.4) is 0 Å². The molecule has 0 aromatic heterocycles. The molecule has 0 aromatic carbocycles. The molecular weight excluding hydrogens is 192 g/mol. The average Bonchev–Trinajstić information content (AvgIpc) is 2.05. The fraction of sp³-hybridized carbons (Fsp3) is 1.00. The van der Waals surface area contributed by atoms with E-state index in [1.807, 2.05) is 6.92 Å². The molecular formula is C8H18O4S. The van der Waals surface area contributed by atoms with Gasteiger partial charge < -0.3 is 5.11 Å².